The van der Waals surface area contributed by atoms with Gasteiger partial charge in [-0.1, -0.05) is 6.07 Å². The summed E-state index contributed by atoms with van der Waals surface area (Å²) >= 11 is 1.44. The van der Waals surface area contributed by atoms with Gasteiger partial charge in [-0.05, 0) is 43.4 Å². The Labute approximate surface area is 126 Å². The van der Waals surface area contributed by atoms with Crippen LogP contribution in [0.25, 0.3) is 0 Å². The van der Waals surface area contributed by atoms with Crippen LogP contribution in [0.2, 0.25) is 0 Å². The smallest absolute Gasteiger partial charge is 0.416 e. The van der Waals surface area contributed by atoms with Crippen molar-refractivity contribution in [2.24, 2.45) is 5.73 Å². The van der Waals surface area contributed by atoms with E-state index >= 15 is 0 Å². The summed E-state index contributed by atoms with van der Waals surface area (Å²) in [7, 11) is 0. The van der Waals surface area contributed by atoms with Crippen LogP contribution >= 0.6 is 11.8 Å². The summed E-state index contributed by atoms with van der Waals surface area (Å²) in [6.45, 7) is 3.21. The van der Waals surface area contributed by atoms with E-state index in [0.717, 1.165) is 12.1 Å². The zero-order valence-corrected chi connectivity index (χ0v) is 12.9. The molecule has 0 aliphatic heterocycles. The second-order valence-electron chi connectivity index (χ2n) is 5.33. The summed E-state index contributed by atoms with van der Waals surface area (Å²) < 4.78 is 43.7. The molecular formula is C14H18F3NO2S. The van der Waals surface area contributed by atoms with Crippen LogP contribution in [0.5, 0.6) is 0 Å². The van der Waals surface area contributed by atoms with E-state index in [1.165, 1.54) is 11.8 Å². The fourth-order valence-corrected chi connectivity index (χ4v) is 2.58. The molecule has 2 N–H and O–H groups in total. The van der Waals surface area contributed by atoms with Crippen molar-refractivity contribution in [3.8, 4) is 0 Å². The molecule has 1 amide bonds. The maximum absolute atomic E-state index is 12.9. The highest BCUT2D eigenvalue weighted by Gasteiger charge is 2.32. The van der Waals surface area contributed by atoms with E-state index in [9.17, 15) is 18.0 Å². The number of alkyl halides is 3. The fraction of sp³-hybridized carbons (Fsp3) is 0.500. The van der Waals surface area contributed by atoms with Crippen molar-refractivity contribution >= 4 is 17.9 Å². The summed E-state index contributed by atoms with van der Waals surface area (Å²) in [6.07, 6.45) is -3.38. The Morgan fingerprint density at radius 3 is 2.29 bits per heavy atom. The third kappa shape index (κ3) is 5.87. The number of carbonyl (C=O) groups excluding carboxylic acids is 1. The van der Waals surface area contributed by atoms with E-state index in [1.54, 1.807) is 19.9 Å². The largest absolute Gasteiger partial charge is 0.443 e. The van der Waals surface area contributed by atoms with Crippen molar-refractivity contribution in [2.45, 2.75) is 37.8 Å². The summed E-state index contributed by atoms with van der Waals surface area (Å²) in [6, 6.07) is 3.91. The van der Waals surface area contributed by atoms with Gasteiger partial charge in [0.25, 0.3) is 0 Å². The molecule has 0 bridgehead atoms. The van der Waals surface area contributed by atoms with Gasteiger partial charge in [-0.25, -0.2) is 4.79 Å². The molecule has 0 radical (unpaired) electrons. The first-order valence-corrected chi connectivity index (χ1v) is 7.60. The zero-order valence-electron chi connectivity index (χ0n) is 12.1. The van der Waals surface area contributed by atoms with E-state index < -0.39 is 23.4 Å². The second-order valence-corrected chi connectivity index (χ2v) is 6.19. The average Bonchev–Trinajstić information content (AvgIpc) is 2.24. The van der Waals surface area contributed by atoms with Crippen LogP contribution in [0.4, 0.5) is 18.0 Å². The van der Waals surface area contributed by atoms with Gasteiger partial charge >= 0.3 is 12.3 Å². The number of hydrogen-bond acceptors (Lipinski definition) is 3. The van der Waals surface area contributed by atoms with E-state index in [-0.39, 0.29) is 6.42 Å². The highest BCUT2D eigenvalue weighted by atomic mass is 32.2. The minimum absolute atomic E-state index is 0.154. The van der Waals surface area contributed by atoms with Gasteiger partial charge in [0, 0.05) is 12.2 Å². The molecule has 3 nitrogen and oxygen atoms in total. The molecule has 1 aromatic carbocycles. The Hall–Kier alpha value is -1.37. The lowest BCUT2D eigenvalue weighted by atomic mass is 9.95. The lowest BCUT2D eigenvalue weighted by Crippen LogP contribution is -2.33. The molecule has 0 aliphatic carbocycles. The Balaban J connectivity index is 3.11. The first-order valence-electron chi connectivity index (χ1n) is 6.21. The lowest BCUT2D eigenvalue weighted by molar-refractivity contribution is -0.137. The molecule has 0 fully saturated rings. The summed E-state index contributed by atoms with van der Waals surface area (Å²) in [5, 5.41) is 0. The number of halogens is 3. The summed E-state index contributed by atoms with van der Waals surface area (Å²) in [5.41, 5.74) is 4.35. The molecule has 0 atom stereocenters. The number of ether oxygens (including phenoxy) is 1. The van der Waals surface area contributed by atoms with Gasteiger partial charge < -0.3 is 10.5 Å². The summed E-state index contributed by atoms with van der Waals surface area (Å²) in [5.74, 6) is 0.480. The molecule has 0 saturated heterocycles. The van der Waals surface area contributed by atoms with Crippen LogP contribution in [-0.2, 0) is 23.1 Å². The molecule has 0 heterocycles. The number of rotatable bonds is 5. The van der Waals surface area contributed by atoms with Crippen molar-refractivity contribution in [3.63, 3.8) is 0 Å². The monoisotopic (exact) mass is 321 g/mol. The molecule has 118 valence electrons. The first kappa shape index (κ1) is 17.7. The second kappa shape index (κ2) is 6.60. The first-order chi connectivity index (χ1) is 9.53. The van der Waals surface area contributed by atoms with Crippen LogP contribution in [-0.4, -0.2) is 18.0 Å². The molecule has 0 unspecified atom stereocenters. The standard InChI is InChI=1S/C14H18F3NO2S/c1-13(2,20-12(18)19)7-9-4-10(8-21-3)6-11(5-9)14(15,16)17/h4-6H,7-8H2,1-3H3,(H2,18,19). The number of carbonyl (C=O) groups is 1. The third-order valence-corrected chi connectivity index (χ3v) is 3.32. The minimum atomic E-state index is -4.40. The highest BCUT2D eigenvalue weighted by Crippen LogP contribution is 2.32. The van der Waals surface area contributed by atoms with Crippen LogP contribution < -0.4 is 5.73 Å². The van der Waals surface area contributed by atoms with Crippen molar-refractivity contribution in [2.75, 3.05) is 6.26 Å². The number of nitrogens with two attached hydrogens (primary N) is 1. The fourth-order valence-electron chi connectivity index (χ4n) is 2.08. The minimum Gasteiger partial charge on any atom is -0.443 e. The maximum atomic E-state index is 12.9. The Morgan fingerprint density at radius 1 is 1.24 bits per heavy atom. The topological polar surface area (TPSA) is 52.3 Å². The molecule has 7 heteroatoms. The van der Waals surface area contributed by atoms with E-state index in [4.69, 9.17) is 10.5 Å². The number of amides is 1. The molecule has 0 spiro atoms. The van der Waals surface area contributed by atoms with Crippen molar-refractivity contribution in [1.82, 2.24) is 0 Å². The van der Waals surface area contributed by atoms with E-state index in [2.05, 4.69) is 0 Å². The number of primary amides is 1. The number of hydrogen-bond donors (Lipinski definition) is 1. The van der Waals surface area contributed by atoms with Gasteiger partial charge in [-0.3, -0.25) is 0 Å². The lowest BCUT2D eigenvalue weighted by Gasteiger charge is -2.24. The van der Waals surface area contributed by atoms with Gasteiger partial charge in [-0.2, -0.15) is 24.9 Å². The summed E-state index contributed by atoms with van der Waals surface area (Å²) in [4.78, 5) is 10.8. The van der Waals surface area contributed by atoms with Gasteiger partial charge in [0.15, 0.2) is 0 Å². The Morgan fingerprint density at radius 2 is 1.81 bits per heavy atom. The third-order valence-electron chi connectivity index (χ3n) is 2.70. The van der Waals surface area contributed by atoms with Crippen molar-refractivity contribution < 1.29 is 22.7 Å². The molecule has 21 heavy (non-hydrogen) atoms. The van der Waals surface area contributed by atoms with E-state index in [1.807, 2.05) is 6.26 Å². The maximum Gasteiger partial charge on any atom is 0.416 e. The Kier molecular flexibility index (Phi) is 5.55. The molecule has 1 rings (SSSR count). The van der Waals surface area contributed by atoms with Crippen molar-refractivity contribution in [1.29, 1.82) is 0 Å². The zero-order chi connectivity index (χ0) is 16.3. The SMILES string of the molecule is CSCc1cc(CC(C)(C)OC(N)=O)cc(C(F)(F)F)c1. The predicted octanol–water partition coefficient (Wildman–Crippen LogP) is 3.98. The quantitative estimate of drug-likeness (QED) is 0.892. The molecule has 1 aromatic rings. The molecule has 0 aromatic heterocycles. The van der Waals surface area contributed by atoms with Crippen LogP contribution in [0.3, 0.4) is 0 Å². The molecule has 0 aliphatic rings. The van der Waals surface area contributed by atoms with Gasteiger partial charge in [0.05, 0.1) is 5.56 Å². The predicted molar refractivity (Wildman–Crippen MR) is 77.1 cm³/mol. The number of benzene rings is 1. The number of thioether (sulfide) groups is 1. The highest BCUT2D eigenvalue weighted by molar-refractivity contribution is 7.97. The van der Waals surface area contributed by atoms with Crippen LogP contribution in [0, 0.1) is 0 Å². The molecule has 0 saturated carbocycles. The Bertz CT molecular complexity index is 515. The van der Waals surface area contributed by atoms with Crippen molar-refractivity contribution in [3.05, 3.63) is 34.9 Å². The van der Waals surface area contributed by atoms with Gasteiger partial charge in [0.2, 0.25) is 0 Å². The normalized spacial score (nSPS) is 12.3. The van der Waals surface area contributed by atoms with E-state index in [0.29, 0.717) is 16.9 Å². The van der Waals surface area contributed by atoms with Crippen LogP contribution in [0.1, 0.15) is 30.5 Å². The average molecular weight is 321 g/mol. The molecular weight excluding hydrogens is 303 g/mol. The van der Waals surface area contributed by atoms with Gasteiger partial charge in [0.1, 0.15) is 5.60 Å². The van der Waals surface area contributed by atoms with Crippen LogP contribution in [0.15, 0.2) is 18.2 Å². The van der Waals surface area contributed by atoms with Gasteiger partial charge in [-0.15, -0.1) is 0 Å².